The monoisotopic (exact) mass is 158 g/mol. The van der Waals surface area contributed by atoms with Crippen LogP contribution in [0.5, 0.6) is 0 Å². The minimum Gasteiger partial charge on any atom is -0.319 e. The minimum atomic E-state index is -1.77. The molecule has 0 amide bonds. The topological polar surface area (TPSA) is 17.1 Å². The van der Waals surface area contributed by atoms with Crippen molar-refractivity contribution in [2.24, 2.45) is 0 Å². The Morgan fingerprint density at radius 2 is 2.40 bits per heavy atom. The van der Waals surface area contributed by atoms with Crippen molar-refractivity contribution in [2.75, 3.05) is 12.3 Å². The van der Waals surface area contributed by atoms with E-state index in [1.807, 2.05) is 5.82 Å². The van der Waals surface area contributed by atoms with Crippen LogP contribution in [-0.2, 0) is 4.57 Å². The summed E-state index contributed by atoms with van der Waals surface area (Å²) in [6, 6.07) is 0. The summed E-state index contributed by atoms with van der Waals surface area (Å²) in [6.45, 7) is 2.14. The zero-order chi connectivity index (χ0) is 7.45. The van der Waals surface area contributed by atoms with Crippen molar-refractivity contribution in [3.05, 3.63) is 11.9 Å². The molecule has 1 heterocycles. The van der Waals surface area contributed by atoms with Gasteiger partial charge in [0.2, 0.25) is 0 Å². The molecule has 10 heavy (non-hydrogen) atoms. The molecule has 1 nitrogen and oxygen atoms in total. The molecule has 0 fully saturated rings. The minimum absolute atomic E-state index is 0.937. The first-order chi connectivity index (χ1) is 4.77. The molecule has 0 radical (unpaired) electrons. The average Bonchev–Trinajstić information content (AvgIpc) is 2.33. The fraction of sp³-hybridized carbons (Fsp3) is 0.750. The van der Waals surface area contributed by atoms with Crippen LogP contribution < -0.4 is 0 Å². The van der Waals surface area contributed by atoms with Gasteiger partial charge in [0.1, 0.15) is 7.14 Å². The van der Waals surface area contributed by atoms with Gasteiger partial charge in [-0.1, -0.05) is 19.4 Å². The van der Waals surface area contributed by atoms with E-state index < -0.39 is 7.14 Å². The van der Waals surface area contributed by atoms with Crippen molar-refractivity contribution < 1.29 is 4.57 Å². The van der Waals surface area contributed by atoms with Gasteiger partial charge in [0.25, 0.3) is 0 Å². The average molecular weight is 158 g/mol. The molecule has 1 aliphatic rings. The molecule has 0 aromatic heterocycles. The second-order valence-electron chi connectivity index (χ2n) is 2.93. The van der Waals surface area contributed by atoms with Crippen LogP contribution in [0.2, 0.25) is 0 Å². The maximum atomic E-state index is 11.7. The van der Waals surface area contributed by atoms with Crippen molar-refractivity contribution in [3.8, 4) is 0 Å². The molecule has 1 unspecified atom stereocenters. The van der Waals surface area contributed by atoms with E-state index in [0.29, 0.717) is 0 Å². The van der Waals surface area contributed by atoms with Gasteiger partial charge in [-0.2, -0.15) is 0 Å². The van der Waals surface area contributed by atoms with Crippen molar-refractivity contribution in [2.45, 2.75) is 26.2 Å². The summed E-state index contributed by atoms with van der Waals surface area (Å²) in [4.78, 5) is 0. The van der Waals surface area contributed by atoms with Gasteiger partial charge in [0.05, 0.1) is 0 Å². The first kappa shape index (κ1) is 8.07. The third-order valence-corrected chi connectivity index (χ3v) is 4.78. The molecule has 2 heteroatoms. The first-order valence-corrected chi connectivity index (χ1v) is 6.17. The van der Waals surface area contributed by atoms with Crippen LogP contribution in [0.1, 0.15) is 26.2 Å². The Kier molecular flexibility index (Phi) is 2.73. The lowest BCUT2D eigenvalue weighted by molar-refractivity contribution is 0.579. The Morgan fingerprint density at radius 1 is 1.60 bits per heavy atom. The predicted octanol–water partition coefficient (Wildman–Crippen LogP) is 3.07. The van der Waals surface area contributed by atoms with Gasteiger partial charge >= 0.3 is 0 Å². The molecule has 0 bridgehead atoms. The summed E-state index contributed by atoms with van der Waals surface area (Å²) in [5, 5.41) is 0. The molecule has 58 valence electrons. The van der Waals surface area contributed by atoms with Crippen LogP contribution in [0.4, 0.5) is 0 Å². The second-order valence-corrected chi connectivity index (χ2v) is 6.02. The molecule has 1 aliphatic heterocycles. The maximum absolute atomic E-state index is 11.7. The smallest absolute Gasteiger partial charge is 0.108 e. The summed E-state index contributed by atoms with van der Waals surface area (Å²) < 4.78 is 11.7. The molecule has 0 saturated carbocycles. The van der Waals surface area contributed by atoms with E-state index in [-0.39, 0.29) is 0 Å². The lowest BCUT2D eigenvalue weighted by atomic mass is 10.4. The third-order valence-electron chi connectivity index (χ3n) is 1.94. The van der Waals surface area contributed by atoms with Gasteiger partial charge in [0, 0.05) is 12.3 Å². The molecule has 0 aromatic carbocycles. The Balaban J connectivity index is 2.38. The largest absolute Gasteiger partial charge is 0.319 e. The normalized spacial score (nSPS) is 31.3. The van der Waals surface area contributed by atoms with Gasteiger partial charge in [-0.15, -0.1) is 0 Å². The molecule has 1 atom stereocenters. The SMILES string of the molecule is CCCCP1(=O)C=CCC1. The second kappa shape index (κ2) is 3.39. The predicted molar refractivity (Wildman–Crippen MR) is 46.0 cm³/mol. The van der Waals surface area contributed by atoms with E-state index in [2.05, 4.69) is 13.0 Å². The summed E-state index contributed by atoms with van der Waals surface area (Å²) in [6.07, 6.45) is 7.28. The lowest BCUT2D eigenvalue weighted by Gasteiger charge is -2.06. The van der Waals surface area contributed by atoms with Gasteiger partial charge in [0.15, 0.2) is 0 Å². The molecule has 0 aromatic rings. The van der Waals surface area contributed by atoms with Crippen LogP contribution in [0, 0.1) is 0 Å². The van der Waals surface area contributed by atoms with Gasteiger partial charge in [-0.05, 0) is 18.7 Å². The van der Waals surface area contributed by atoms with Crippen molar-refractivity contribution in [3.63, 3.8) is 0 Å². The van der Waals surface area contributed by atoms with Gasteiger partial charge in [-0.25, -0.2) is 0 Å². The molecule has 0 N–H and O–H groups in total. The highest BCUT2D eigenvalue weighted by atomic mass is 31.2. The summed E-state index contributed by atoms with van der Waals surface area (Å²) in [5.41, 5.74) is 0. The van der Waals surface area contributed by atoms with Crippen LogP contribution in [0.3, 0.4) is 0 Å². The van der Waals surface area contributed by atoms with Crippen LogP contribution in [0.25, 0.3) is 0 Å². The Morgan fingerprint density at radius 3 is 2.90 bits per heavy atom. The van der Waals surface area contributed by atoms with E-state index in [1.165, 1.54) is 0 Å². The van der Waals surface area contributed by atoms with E-state index in [1.54, 1.807) is 0 Å². The Bertz CT molecular complexity index is 172. The number of hydrogen-bond acceptors (Lipinski definition) is 1. The lowest BCUT2D eigenvalue weighted by Crippen LogP contribution is -1.87. The molecular formula is C8H15OP. The maximum Gasteiger partial charge on any atom is 0.108 e. The zero-order valence-corrected chi connectivity index (χ0v) is 7.44. The van der Waals surface area contributed by atoms with Gasteiger partial charge in [-0.3, -0.25) is 0 Å². The van der Waals surface area contributed by atoms with E-state index in [4.69, 9.17) is 0 Å². The summed E-state index contributed by atoms with van der Waals surface area (Å²) in [5.74, 6) is 1.96. The molecule has 1 rings (SSSR count). The first-order valence-electron chi connectivity index (χ1n) is 4.02. The summed E-state index contributed by atoms with van der Waals surface area (Å²) in [7, 11) is -1.77. The summed E-state index contributed by atoms with van der Waals surface area (Å²) >= 11 is 0. The Labute approximate surface area is 62.9 Å². The van der Waals surface area contributed by atoms with Crippen LogP contribution in [-0.4, -0.2) is 12.3 Å². The molecule has 0 saturated heterocycles. The number of rotatable bonds is 3. The zero-order valence-electron chi connectivity index (χ0n) is 6.55. The number of hydrogen-bond donors (Lipinski definition) is 0. The van der Waals surface area contributed by atoms with Gasteiger partial charge < -0.3 is 4.57 Å². The highest BCUT2D eigenvalue weighted by Crippen LogP contribution is 2.52. The highest BCUT2D eigenvalue weighted by molar-refractivity contribution is 7.67. The van der Waals surface area contributed by atoms with Crippen molar-refractivity contribution in [1.29, 1.82) is 0 Å². The fourth-order valence-corrected chi connectivity index (χ4v) is 3.74. The molecule has 0 spiro atoms. The fourth-order valence-electron chi connectivity index (χ4n) is 1.25. The van der Waals surface area contributed by atoms with E-state index >= 15 is 0 Å². The van der Waals surface area contributed by atoms with Crippen LogP contribution in [0.15, 0.2) is 11.9 Å². The number of unbranched alkanes of at least 4 members (excludes halogenated alkanes) is 1. The van der Waals surface area contributed by atoms with Crippen LogP contribution >= 0.6 is 7.14 Å². The molecule has 0 aliphatic carbocycles. The van der Waals surface area contributed by atoms with Crippen molar-refractivity contribution in [1.82, 2.24) is 0 Å². The number of allylic oxidation sites excluding steroid dienone is 1. The van der Waals surface area contributed by atoms with Crippen molar-refractivity contribution >= 4 is 7.14 Å². The Hall–Kier alpha value is -0.0300. The molecular weight excluding hydrogens is 143 g/mol. The standard InChI is InChI=1S/C8H15OP/c1-2-3-6-10(9)7-4-5-8-10/h4,7H,2-3,5-6,8H2,1H3. The van der Waals surface area contributed by atoms with E-state index in [9.17, 15) is 4.57 Å². The quantitative estimate of drug-likeness (QED) is 0.577. The highest BCUT2D eigenvalue weighted by Gasteiger charge is 2.20. The third kappa shape index (κ3) is 1.98. The van der Waals surface area contributed by atoms with E-state index in [0.717, 1.165) is 31.6 Å².